The normalized spacial score (nSPS) is 15.4. The molecule has 0 amide bonds. The molecule has 1 aliphatic heterocycles. The summed E-state index contributed by atoms with van der Waals surface area (Å²) < 4.78 is 1.68. The standard InChI is InChI=1S/C23H23ClN6O2/c1-13-3-5-17(6-4-13)32-30-8-7-18-14(2)15(9-26-21(18)30)10-29-11-16(12-31)19-20(24)27-23(25)28-22(19)29/h3-9,16,31H,10-12H2,1-2H3,(H2,25,27,28). The van der Waals surface area contributed by atoms with E-state index >= 15 is 0 Å². The second kappa shape index (κ2) is 7.96. The summed E-state index contributed by atoms with van der Waals surface area (Å²) in [5, 5.41) is 11.1. The van der Waals surface area contributed by atoms with Gasteiger partial charge in [-0.3, -0.25) is 0 Å². The number of hydrogen-bond acceptors (Lipinski definition) is 7. The average Bonchev–Trinajstić information content (AvgIpc) is 3.33. The number of aliphatic hydroxyl groups excluding tert-OH is 1. The fraction of sp³-hybridized carbons (Fsp3) is 0.261. The quantitative estimate of drug-likeness (QED) is 0.447. The lowest BCUT2D eigenvalue weighted by Crippen LogP contribution is -2.23. The first-order valence-corrected chi connectivity index (χ1v) is 10.7. The molecule has 1 aromatic carbocycles. The topological polar surface area (TPSA) is 102 Å². The number of aryl methyl sites for hydroxylation is 2. The molecule has 3 aromatic heterocycles. The summed E-state index contributed by atoms with van der Waals surface area (Å²) in [4.78, 5) is 21.2. The van der Waals surface area contributed by atoms with Crippen LogP contribution in [0.15, 0.2) is 42.7 Å². The zero-order valence-electron chi connectivity index (χ0n) is 17.8. The average molecular weight is 451 g/mol. The van der Waals surface area contributed by atoms with E-state index in [2.05, 4.69) is 26.8 Å². The molecule has 32 heavy (non-hydrogen) atoms. The lowest BCUT2D eigenvalue weighted by Gasteiger charge is -2.20. The van der Waals surface area contributed by atoms with Crippen LogP contribution in [0.2, 0.25) is 5.15 Å². The Morgan fingerprint density at radius 1 is 1.19 bits per heavy atom. The van der Waals surface area contributed by atoms with Gasteiger partial charge >= 0.3 is 0 Å². The second-order valence-electron chi connectivity index (χ2n) is 8.06. The van der Waals surface area contributed by atoms with Gasteiger partial charge in [0.25, 0.3) is 0 Å². The maximum absolute atomic E-state index is 9.82. The number of rotatable bonds is 5. The number of aromatic nitrogens is 4. The Balaban J connectivity index is 1.45. The smallest absolute Gasteiger partial charge is 0.223 e. The van der Waals surface area contributed by atoms with Crippen LogP contribution in [0.25, 0.3) is 11.0 Å². The van der Waals surface area contributed by atoms with Gasteiger partial charge in [-0.15, -0.1) is 0 Å². The fourth-order valence-electron chi connectivity index (χ4n) is 4.16. The van der Waals surface area contributed by atoms with Crippen LogP contribution in [-0.4, -0.2) is 37.9 Å². The number of nitrogen functional groups attached to an aromatic ring is 1. The molecule has 9 heteroatoms. The minimum absolute atomic E-state index is 0.0357. The van der Waals surface area contributed by atoms with Crippen molar-refractivity contribution in [3.63, 3.8) is 0 Å². The lowest BCUT2D eigenvalue weighted by atomic mass is 10.1. The van der Waals surface area contributed by atoms with Gasteiger partial charge in [-0.25, -0.2) is 9.97 Å². The number of pyridine rings is 1. The third kappa shape index (κ3) is 3.51. The molecule has 8 nitrogen and oxygen atoms in total. The van der Waals surface area contributed by atoms with Gasteiger partial charge in [0.1, 0.15) is 11.0 Å². The number of nitrogens with zero attached hydrogens (tertiary/aromatic N) is 5. The Labute approximate surface area is 190 Å². The molecule has 1 atom stereocenters. The van der Waals surface area contributed by atoms with Crippen LogP contribution < -0.4 is 15.5 Å². The molecule has 4 heterocycles. The van der Waals surface area contributed by atoms with Crippen LogP contribution in [0.1, 0.15) is 28.2 Å². The van der Waals surface area contributed by atoms with Crippen LogP contribution in [0.3, 0.4) is 0 Å². The molecule has 1 unspecified atom stereocenters. The summed E-state index contributed by atoms with van der Waals surface area (Å²) in [6, 6.07) is 9.88. The van der Waals surface area contributed by atoms with Gasteiger partial charge in [0, 0.05) is 42.4 Å². The van der Waals surface area contributed by atoms with E-state index < -0.39 is 0 Å². The van der Waals surface area contributed by atoms with E-state index in [9.17, 15) is 5.11 Å². The van der Waals surface area contributed by atoms with Crippen molar-refractivity contribution in [3.05, 3.63) is 70.1 Å². The third-order valence-corrected chi connectivity index (χ3v) is 6.19. The van der Waals surface area contributed by atoms with Gasteiger partial charge in [0.05, 0.1) is 6.61 Å². The highest BCUT2D eigenvalue weighted by molar-refractivity contribution is 6.30. The van der Waals surface area contributed by atoms with Crippen molar-refractivity contribution in [1.82, 2.24) is 19.7 Å². The third-order valence-electron chi connectivity index (χ3n) is 5.91. The number of benzene rings is 1. The summed E-state index contributed by atoms with van der Waals surface area (Å²) in [6.07, 6.45) is 3.72. The minimum Gasteiger partial charge on any atom is -0.396 e. The first-order chi connectivity index (χ1) is 15.4. The minimum atomic E-state index is -0.154. The Morgan fingerprint density at radius 3 is 2.72 bits per heavy atom. The summed E-state index contributed by atoms with van der Waals surface area (Å²) in [6.45, 7) is 5.22. The Hall–Kier alpha value is -3.36. The first-order valence-electron chi connectivity index (χ1n) is 10.3. The molecule has 5 rings (SSSR count). The highest BCUT2D eigenvalue weighted by Crippen LogP contribution is 2.40. The van der Waals surface area contributed by atoms with Crippen molar-refractivity contribution in [3.8, 4) is 5.75 Å². The monoisotopic (exact) mass is 450 g/mol. The molecule has 1 aliphatic rings. The summed E-state index contributed by atoms with van der Waals surface area (Å²) in [7, 11) is 0. The SMILES string of the molecule is Cc1ccc(On2ccc3c(C)c(CN4CC(CO)c5c(Cl)nc(N)nc54)cnc32)cc1. The van der Waals surface area contributed by atoms with Crippen molar-refractivity contribution in [2.24, 2.45) is 0 Å². The van der Waals surface area contributed by atoms with Crippen molar-refractivity contribution in [2.45, 2.75) is 26.3 Å². The number of halogens is 1. The van der Waals surface area contributed by atoms with Gasteiger partial charge in [-0.1, -0.05) is 29.3 Å². The van der Waals surface area contributed by atoms with Gasteiger partial charge in [0.15, 0.2) is 11.4 Å². The van der Waals surface area contributed by atoms with Gasteiger partial charge in [0.2, 0.25) is 5.95 Å². The highest BCUT2D eigenvalue weighted by atomic mass is 35.5. The van der Waals surface area contributed by atoms with E-state index in [0.717, 1.165) is 33.5 Å². The van der Waals surface area contributed by atoms with Crippen LogP contribution in [0.5, 0.6) is 5.75 Å². The van der Waals surface area contributed by atoms with Crippen molar-refractivity contribution in [1.29, 1.82) is 0 Å². The van der Waals surface area contributed by atoms with Crippen LogP contribution in [-0.2, 0) is 6.54 Å². The Bertz CT molecular complexity index is 1300. The number of anilines is 2. The fourth-order valence-corrected chi connectivity index (χ4v) is 4.48. The second-order valence-corrected chi connectivity index (χ2v) is 8.42. The molecule has 0 aliphatic carbocycles. The lowest BCUT2D eigenvalue weighted by molar-refractivity contribution is 0.227. The summed E-state index contributed by atoms with van der Waals surface area (Å²) in [5.74, 6) is 1.38. The molecule has 164 valence electrons. The summed E-state index contributed by atoms with van der Waals surface area (Å²) in [5.41, 5.74) is 10.6. The zero-order valence-corrected chi connectivity index (χ0v) is 18.5. The number of nitrogens with two attached hydrogens (primary N) is 1. The van der Waals surface area contributed by atoms with Crippen LogP contribution in [0.4, 0.5) is 11.8 Å². The molecule has 0 fully saturated rings. The van der Waals surface area contributed by atoms with E-state index in [1.54, 1.807) is 4.73 Å². The Morgan fingerprint density at radius 2 is 1.97 bits per heavy atom. The zero-order chi connectivity index (χ0) is 22.4. The van der Waals surface area contributed by atoms with E-state index in [-0.39, 0.29) is 18.5 Å². The molecule has 0 radical (unpaired) electrons. The van der Waals surface area contributed by atoms with E-state index in [0.29, 0.717) is 24.1 Å². The maximum Gasteiger partial charge on any atom is 0.223 e. The molecule has 0 bridgehead atoms. The number of fused-ring (bicyclic) bond motifs is 2. The molecule has 0 saturated carbocycles. The largest absolute Gasteiger partial charge is 0.396 e. The molecule has 4 aromatic rings. The molecular weight excluding hydrogens is 428 g/mol. The maximum atomic E-state index is 9.82. The van der Waals surface area contributed by atoms with Gasteiger partial charge in [-0.2, -0.15) is 9.71 Å². The van der Waals surface area contributed by atoms with Gasteiger partial charge < -0.3 is 20.6 Å². The highest BCUT2D eigenvalue weighted by Gasteiger charge is 2.33. The van der Waals surface area contributed by atoms with Crippen molar-refractivity contribution in [2.75, 3.05) is 23.8 Å². The van der Waals surface area contributed by atoms with Crippen molar-refractivity contribution >= 4 is 34.4 Å². The van der Waals surface area contributed by atoms with Gasteiger partial charge in [-0.05, 0) is 43.2 Å². The predicted molar refractivity (Wildman–Crippen MR) is 124 cm³/mol. The molecular formula is C23H23ClN6O2. The number of aliphatic hydroxyl groups is 1. The molecule has 0 spiro atoms. The van der Waals surface area contributed by atoms with Crippen molar-refractivity contribution < 1.29 is 9.94 Å². The van der Waals surface area contributed by atoms with Crippen LogP contribution in [0, 0.1) is 13.8 Å². The van der Waals surface area contributed by atoms with E-state index in [1.165, 1.54) is 5.56 Å². The summed E-state index contributed by atoms with van der Waals surface area (Å²) >= 11 is 6.31. The van der Waals surface area contributed by atoms with E-state index in [1.807, 2.05) is 49.6 Å². The predicted octanol–water partition coefficient (Wildman–Crippen LogP) is 3.62. The first kappa shape index (κ1) is 20.5. The van der Waals surface area contributed by atoms with E-state index in [4.69, 9.17) is 22.2 Å². The Kier molecular flexibility index (Phi) is 5.11. The number of hydrogen-bond donors (Lipinski definition) is 2. The van der Waals surface area contributed by atoms with Crippen LogP contribution >= 0.6 is 11.6 Å². The molecule has 0 saturated heterocycles. The molecule has 3 N–H and O–H groups in total.